The summed E-state index contributed by atoms with van der Waals surface area (Å²) in [4.78, 5) is 21.5. The topological polar surface area (TPSA) is 55.4 Å². The van der Waals surface area contributed by atoms with E-state index in [2.05, 4.69) is 4.74 Å². The molecule has 0 saturated heterocycles. The van der Waals surface area contributed by atoms with E-state index in [1.807, 2.05) is 5.32 Å². The molecule has 1 N–H and O–H groups in total. The zero-order valence-corrected chi connectivity index (χ0v) is 7.19. The Morgan fingerprint density at radius 3 is 2.15 bits per heavy atom. The normalized spacial score (nSPS) is 29.2. The third kappa shape index (κ3) is 1.36. The van der Waals surface area contributed by atoms with Crippen LogP contribution in [-0.4, -0.2) is 30.4 Å². The summed E-state index contributed by atoms with van der Waals surface area (Å²) in [6.07, 6.45) is -0.688. The van der Waals surface area contributed by atoms with Crippen molar-refractivity contribution in [2.75, 3.05) is 7.11 Å². The van der Waals surface area contributed by atoms with Gasteiger partial charge in [-0.3, -0.25) is 4.79 Å². The van der Waals surface area contributed by atoms with Crippen LogP contribution in [-0.2, 0) is 14.3 Å². The lowest BCUT2D eigenvalue weighted by atomic mass is 10.2. The molecule has 0 spiro atoms. The van der Waals surface area contributed by atoms with E-state index in [-0.39, 0.29) is 0 Å². The standard InChI is InChI=1S/C7H9F2NO3/c1-4(11)10-6(5(12)13-2)3-7(6,8)9/h3H2,1-2H3,(H,10,11). The van der Waals surface area contributed by atoms with E-state index in [4.69, 9.17) is 0 Å². The first-order valence-electron chi connectivity index (χ1n) is 3.61. The van der Waals surface area contributed by atoms with Crippen LogP contribution in [0.4, 0.5) is 8.78 Å². The van der Waals surface area contributed by atoms with Gasteiger partial charge in [-0.05, 0) is 0 Å². The highest BCUT2D eigenvalue weighted by Crippen LogP contribution is 2.53. The molecule has 0 aliphatic heterocycles. The van der Waals surface area contributed by atoms with Crippen LogP contribution in [0, 0.1) is 0 Å². The van der Waals surface area contributed by atoms with E-state index in [0.717, 1.165) is 14.0 Å². The van der Waals surface area contributed by atoms with Crippen molar-refractivity contribution < 1.29 is 23.1 Å². The molecule has 74 valence electrons. The lowest BCUT2D eigenvalue weighted by Crippen LogP contribution is -2.47. The number of halogens is 2. The first-order valence-corrected chi connectivity index (χ1v) is 3.61. The number of hydrogen-bond acceptors (Lipinski definition) is 3. The molecule has 0 heterocycles. The van der Waals surface area contributed by atoms with Gasteiger partial charge in [-0.15, -0.1) is 0 Å². The molecule has 13 heavy (non-hydrogen) atoms. The minimum Gasteiger partial charge on any atom is -0.467 e. The van der Waals surface area contributed by atoms with Crippen LogP contribution in [0.15, 0.2) is 0 Å². The Kier molecular flexibility index (Phi) is 2.01. The molecular formula is C7H9F2NO3. The highest BCUT2D eigenvalue weighted by Gasteiger charge is 2.78. The fraction of sp³-hybridized carbons (Fsp3) is 0.714. The van der Waals surface area contributed by atoms with Gasteiger partial charge in [0, 0.05) is 6.92 Å². The van der Waals surface area contributed by atoms with Crippen molar-refractivity contribution in [1.29, 1.82) is 0 Å². The number of amides is 1. The molecule has 1 aliphatic carbocycles. The number of hydrogen-bond donors (Lipinski definition) is 1. The van der Waals surface area contributed by atoms with Crippen molar-refractivity contribution in [2.24, 2.45) is 0 Å². The van der Waals surface area contributed by atoms with E-state index in [0.29, 0.717) is 0 Å². The van der Waals surface area contributed by atoms with Gasteiger partial charge in [0.25, 0.3) is 5.92 Å². The minimum atomic E-state index is -3.19. The number of nitrogens with one attached hydrogen (secondary N) is 1. The van der Waals surface area contributed by atoms with E-state index in [1.165, 1.54) is 0 Å². The van der Waals surface area contributed by atoms with E-state index < -0.39 is 29.8 Å². The van der Waals surface area contributed by atoms with Gasteiger partial charge in [0.15, 0.2) is 0 Å². The van der Waals surface area contributed by atoms with Crippen LogP contribution in [0.5, 0.6) is 0 Å². The second-order valence-corrected chi connectivity index (χ2v) is 2.96. The minimum absolute atomic E-state index is 0.678. The summed E-state index contributed by atoms with van der Waals surface area (Å²) in [5.41, 5.74) is -2.12. The lowest BCUT2D eigenvalue weighted by Gasteiger charge is -2.13. The highest BCUT2D eigenvalue weighted by atomic mass is 19.3. The largest absolute Gasteiger partial charge is 0.467 e. The Balaban J connectivity index is 2.81. The van der Waals surface area contributed by atoms with Crippen molar-refractivity contribution in [2.45, 2.75) is 24.8 Å². The summed E-state index contributed by atoms with van der Waals surface area (Å²) in [5.74, 6) is -4.97. The van der Waals surface area contributed by atoms with Gasteiger partial charge in [-0.25, -0.2) is 13.6 Å². The van der Waals surface area contributed by atoms with Crippen molar-refractivity contribution in [1.82, 2.24) is 5.32 Å². The van der Waals surface area contributed by atoms with Crippen LogP contribution in [0.25, 0.3) is 0 Å². The molecule has 1 unspecified atom stereocenters. The average Bonchev–Trinajstić information content (AvgIpc) is 2.51. The average molecular weight is 193 g/mol. The molecular weight excluding hydrogens is 184 g/mol. The van der Waals surface area contributed by atoms with Crippen LogP contribution in [0.3, 0.4) is 0 Å². The molecule has 6 heteroatoms. The fourth-order valence-electron chi connectivity index (χ4n) is 1.17. The highest BCUT2D eigenvalue weighted by molar-refractivity contribution is 5.92. The van der Waals surface area contributed by atoms with E-state index in [1.54, 1.807) is 0 Å². The first-order chi connectivity index (χ1) is 5.85. The number of alkyl halides is 2. The third-order valence-electron chi connectivity index (χ3n) is 1.91. The summed E-state index contributed by atoms with van der Waals surface area (Å²) in [5, 5.41) is 1.91. The van der Waals surface area contributed by atoms with Gasteiger partial charge < -0.3 is 10.1 Å². The Labute approximate surface area is 73.2 Å². The summed E-state index contributed by atoms with van der Waals surface area (Å²) >= 11 is 0. The maximum absolute atomic E-state index is 12.7. The van der Waals surface area contributed by atoms with Crippen LogP contribution in [0.2, 0.25) is 0 Å². The molecule has 1 rings (SSSR count). The SMILES string of the molecule is COC(=O)C1(NC(C)=O)CC1(F)F. The van der Waals surface area contributed by atoms with Gasteiger partial charge in [0.2, 0.25) is 11.4 Å². The summed E-state index contributed by atoms with van der Waals surface area (Å²) in [7, 11) is 1.00. The van der Waals surface area contributed by atoms with Gasteiger partial charge in [-0.2, -0.15) is 0 Å². The van der Waals surface area contributed by atoms with Gasteiger partial charge >= 0.3 is 5.97 Å². The molecule has 4 nitrogen and oxygen atoms in total. The van der Waals surface area contributed by atoms with Gasteiger partial charge in [0.1, 0.15) is 0 Å². The molecule has 1 aliphatic rings. The summed E-state index contributed by atoms with van der Waals surface area (Å²) in [6, 6.07) is 0. The molecule has 0 aromatic heterocycles. The zero-order valence-electron chi connectivity index (χ0n) is 7.19. The summed E-state index contributed by atoms with van der Waals surface area (Å²) in [6.45, 7) is 1.07. The van der Waals surface area contributed by atoms with Crippen LogP contribution < -0.4 is 5.32 Å². The number of carbonyl (C=O) groups is 2. The summed E-state index contributed by atoms with van der Waals surface area (Å²) < 4.78 is 29.6. The maximum Gasteiger partial charge on any atom is 0.338 e. The second kappa shape index (κ2) is 2.65. The molecule has 1 atom stereocenters. The predicted molar refractivity (Wildman–Crippen MR) is 38.1 cm³/mol. The van der Waals surface area contributed by atoms with Crippen molar-refractivity contribution >= 4 is 11.9 Å². The first kappa shape index (κ1) is 9.88. The predicted octanol–water partition coefficient (Wildman–Crippen LogP) is 0.0733. The lowest BCUT2D eigenvalue weighted by molar-refractivity contribution is -0.149. The van der Waals surface area contributed by atoms with Crippen LogP contribution >= 0.6 is 0 Å². The van der Waals surface area contributed by atoms with Gasteiger partial charge in [-0.1, -0.05) is 0 Å². The molecule has 1 fully saturated rings. The third-order valence-corrected chi connectivity index (χ3v) is 1.91. The molecule has 0 aromatic rings. The fourth-order valence-corrected chi connectivity index (χ4v) is 1.17. The Bertz CT molecular complexity index is 266. The smallest absolute Gasteiger partial charge is 0.338 e. The zero-order chi connectivity index (χ0) is 10.3. The molecule has 0 radical (unpaired) electrons. The van der Waals surface area contributed by atoms with Crippen LogP contribution in [0.1, 0.15) is 13.3 Å². The van der Waals surface area contributed by atoms with E-state index >= 15 is 0 Å². The number of ether oxygens (including phenoxy) is 1. The molecule has 0 aromatic carbocycles. The van der Waals surface area contributed by atoms with Crippen molar-refractivity contribution in [3.8, 4) is 0 Å². The van der Waals surface area contributed by atoms with Crippen molar-refractivity contribution in [3.63, 3.8) is 0 Å². The number of methoxy groups -OCH3 is 1. The Morgan fingerprint density at radius 2 is 1.92 bits per heavy atom. The van der Waals surface area contributed by atoms with Gasteiger partial charge in [0.05, 0.1) is 13.5 Å². The molecule has 1 amide bonds. The monoisotopic (exact) mass is 193 g/mol. The number of carbonyl (C=O) groups excluding carboxylic acids is 2. The Hall–Kier alpha value is -1.20. The van der Waals surface area contributed by atoms with E-state index in [9.17, 15) is 18.4 Å². The Morgan fingerprint density at radius 1 is 1.46 bits per heavy atom. The number of esters is 1. The second-order valence-electron chi connectivity index (χ2n) is 2.96. The molecule has 1 saturated carbocycles. The van der Waals surface area contributed by atoms with Crippen molar-refractivity contribution in [3.05, 3.63) is 0 Å². The number of rotatable bonds is 2. The molecule has 0 bridgehead atoms. The quantitative estimate of drug-likeness (QED) is 0.631. The maximum atomic E-state index is 12.7.